The van der Waals surface area contributed by atoms with Gasteiger partial charge in [0.15, 0.2) is 5.92 Å². The minimum absolute atomic E-state index is 0.0905. The topological polar surface area (TPSA) is 102 Å². The highest BCUT2D eigenvalue weighted by Gasteiger charge is 2.57. The summed E-state index contributed by atoms with van der Waals surface area (Å²) in [6, 6.07) is 8.33. The van der Waals surface area contributed by atoms with Crippen LogP contribution in [0.1, 0.15) is 53.4 Å². The van der Waals surface area contributed by atoms with Gasteiger partial charge in [-0.15, -0.1) is 0 Å². The van der Waals surface area contributed by atoms with E-state index in [4.69, 9.17) is 9.47 Å². The number of hydrogen-bond donors (Lipinski definition) is 1. The minimum atomic E-state index is -0.956. The molecule has 1 N–H and O–H groups in total. The Labute approximate surface area is 187 Å². The lowest BCUT2D eigenvalue weighted by atomic mass is 9.78. The molecule has 2 aliphatic heterocycles. The van der Waals surface area contributed by atoms with Crippen molar-refractivity contribution in [2.45, 2.75) is 65.0 Å². The number of fused-ring (bicyclic) bond motifs is 1. The zero-order chi connectivity index (χ0) is 23.5. The number of para-hydroxylation sites is 1. The van der Waals surface area contributed by atoms with E-state index in [9.17, 15) is 19.2 Å². The third-order valence-corrected chi connectivity index (χ3v) is 5.33. The number of nitrogens with one attached hydrogen (secondary N) is 1. The molecule has 32 heavy (non-hydrogen) atoms. The Morgan fingerprint density at radius 3 is 2.47 bits per heavy atom. The van der Waals surface area contributed by atoms with Gasteiger partial charge in [0.25, 0.3) is 5.91 Å². The summed E-state index contributed by atoms with van der Waals surface area (Å²) in [4.78, 5) is 52.7. The first-order valence-electron chi connectivity index (χ1n) is 11.0. The van der Waals surface area contributed by atoms with Gasteiger partial charge in [-0.3, -0.25) is 14.4 Å². The van der Waals surface area contributed by atoms with Gasteiger partial charge in [0.05, 0.1) is 12.6 Å². The predicted molar refractivity (Wildman–Crippen MR) is 117 cm³/mol. The van der Waals surface area contributed by atoms with Crippen LogP contribution in [-0.4, -0.2) is 46.9 Å². The first-order chi connectivity index (χ1) is 15.1. The summed E-state index contributed by atoms with van der Waals surface area (Å²) in [5.74, 6) is -3.31. The first kappa shape index (κ1) is 23.5. The molecule has 0 saturated carbocycles. The molecule has 3 rings (SSSR count). The molecule has 0 bridgehead atoms. The number of hydrogen-bond acceptors (Lipinski definition) is 6. The molecule has 0 unspecified atom stereocenters. The standard InChI is InChI=1S/C24H30N2O6/c1-5-6-14-31-22(29)18-17-13-12-16(20(27)25-15-10-8-7-9-11-15)19(26(17)21(18)28)23(30)32-24(2,3)4/h7-11,17-18H,5-6,12-14H2,1-4H3,(H,25,27)/t17-,18+/m1/s1. The summed E-state index contributed by atoms with van der Waals surface area (Å²) < 4.78 is 10.7. The summed E-state index contributed by atoms with van der Waals surface area (Å²) in [6.07, 6.45) is 2.20. The number of benzene rings is 1. The number of esters is 2. The van der Waals surface area contributed by atoms with E-state index in [1.54, 1.807) is 45.0 Å². The van der Waals surface area contributed by atoms with Crippen LogP contribution in [0.25, 0.3) is 0 Å². The lowest BCUT2D eigenvalue weighted by Gasteiger charge is -2.49. The fourth-order valence-corrected chi connectivity index (χ4v) is 3.83. The Morgan fingerprint density at radius 2 is 1.84 bits per heavy atom. The largest absolute Gasteiger partial charge is 0.465 e. The van der Waals surface area contributed by atoms with Crippen LogP contribution in [-0.2, 0) is 28.7 Å². The lowest BCUT2D eigenvalue weighted by molar-refractivity contribution is -0.176. The fraction of sp³-hybridized carbons (Fsp3) is 0.500. The summed E-state index contributed by atoms with van der Waals surface area (Å²) in [6.45, 7) is 7.36. The summed E-state index contributed by atoms with van der Waals surface area (Å²) in [5, 5.41) is 2.77. The Bertz CT molecular complexity index is 932. The Balaban J connectivity index is 1.88. The molecule has 1 aromatic carbocycles. The normalized spacial score (nSPS) is 20.2. The van der Waals surface area contributed by atoms with Crippen molar-refractivity contribution in [3.05, 3.63) is 41.6 Å². The molecule has 8 nitrogen and oxygen atoms in total. The van der Waals surface area contributed by atoms with Crippen LogP contribution in [0.15, 0.2) is 41.6 Å². The highest BCUT2D eigenvalue weighted by molar-refractivity contribution is 6.13. The van der Waals surface area contributed by atoms with Gasteiger partial charge in [0.1, 0.15) is 11.3 Å². The highest BCUT2D eigenvalue weighted by atomic mass is 16.6. The van der Waals surface area contributed by atoms with E-state index in [1.165, 1.54) is 4.90 Å². The van der Waals surface area contributed by atoms with E-state index in [0.717, 1.165) is 6.42 Å². The van der Waals surface area contributed by atoms with Crippen LogP contribution in [0.5, 0.6) is 0 Å². The molecule has 0 spiro atoms. The average molecular weight is 443 g/mol. The summed E-state index contributed by atoms with van der Waals surface area (Å²) >= 11 is 0. The number of unbranched alkanes of at least 4 members (excludes halogenated alkanes) is 1. The second-order valence-electron chi connectivity index (χ2n) is 8.96. The molecule has 8 heteroatoms. The number of carbonyl (C=O) groups is 4. The summed E-state index contributed by atoms with van der Waals surface area (Å²) in [5.41, 5.74) is -0.162. The minimum Gasteiger partial charge on any atom is -0.465 e. The molecule has 0 aromatic heterocycles. The van der Waals surface area contributed by atoms with Crippen LogP contribution < -0.4 is 5.32 Å². The maximum atomic E-state index is 13.0. The molecule has 1 fully saturated rings. The highest BCUT2D eigenvalue weighted by Crippen LogP contribution is 2.41. The van der Waals surface area contributed by atoms with Gasteiger partial charge in [-0.1, -0.05) is 31.5 Å². The van der Waals surface area contributed by atoms with Crippen molar-refractivity contribution in [1.82, 2.24) is 4.90 Å². The van der Waals surface area contributed by atoms with Crippen molar-refractivity contribution in [3.63, 3.8) is 0 Å². The molecule has 2 heterocycles. The number of amides is 2. The SMILES string of the molecule is CCCCOC(=O)[C@@H]1C(=O)N2C(C(=O)OC(C)(C)C)=C(C(=O)Nc3ccccc3)CC[C@H]12. The second-order valence-corrected chi connectivity index (χ2v) is 8.96. The van der Waals surface area contributed by atoms with Crippen LogP contribution in [0.3, 0.4) is 0 Å². The van der Waals surface area contributed by atoms with Gasteiger partial charge < -0.3 is 19.7 Å². The molecular formula is C24H30N2O6. The number of β-lactam (4-membered cyclic amide) rings is 1. The number of anilines is 1. The van der Waals surface area contributed by atoms with E-state index in [-0.39, 0.29) is 24.3 Å². The second kappa shape index (κ2) is 9.54. The zero-order valence-corrected chi connectivity index (χ0v) is 19.0. The molecule has 2 atom stereocenters. The Kier molecular flexibility index (Phi) is 7.01. The van der Waals surface area contributed by atoms with E-state index in [2.05, 4.69) is 5.32 Å². The van der Waals surface area contributed by atoms with Crippen LogP contribution >= 0.6 is 0 Å². The van der Waals surface area contributed by atoms with E-state index in [0.29, 0.717) is 18.5 Å². The number of rotatable bonds is 7. The van der Waals surface area contributed by atoms with Crippen molar-refractivity contribution in [1.29, 1.82) is 0 Å². The molecule has 0 radical (unpaired) electrons. The molecule has 1 aromatic rings. The van der Waals surface area contributed by atoms with E-state index in [1.807, 2.05) is 13.0 Å². The van der Waals surface area contributed by atoms with Gasteiger partial charge in [0.2, 0.25) is 5.91 Å². The van der Waals surface area contributed by atoms with Crippen molar-refractivity contribution in [3.8, 4) is 0 Å². The van der Waals surface area contributed by atoms with Gasteiger partial charge in [0, 0.05) is 11.3 Å². The molecule has 172 valence electrons. The van der Waals surface area contributed by atoms with Gasteiger partial charge >= 0.3 is 11.9 Å². The van der Waals surface area contributed by atoms with Crippen molar-refractivity contribution in [2.75, 3.05) is 11.9 Å². The molecule has 2 amide bonds. The Hall–Kier alpha value is -3.16. The third kappa shape index (κ3) is 5.00. The van der Waals surface area contributed by atoms with Crippen LogP contribution in [0.2, 0.25) is 0 Å². The van der Waals surface area contributed by atoms with Crippen molar-refractivity contribution < 1.29 is 28.7 Å². The molecule has 1 saturated heterocycles. The Morgan fingerprint density at radius 1 is 1.16 bits per heavy atom. The van der Waals surface area contributed by atoms with Crippen LogP contribution in [0.4, 0.5) is 5.69 Å². The van der Waals surface area contributed by atoms with Gasteiger partial charge in [-0.05, 0) is 52.2 Å². The quantitative estimate of drug-likeness (QED) is 0.301. The third-order valence-electron chi connectivity index (χ3n) is 5.33. The van der Waals surface area contributed by atoms with Gasteiger partial charge in [-0.25, -0.2) is 4.79 Å². The fourth-order valence-electron chi connectivity index (χ4n) is 3.83. The maximum Gasteiger partial charge on any atom is 0.356 e. The maximum absolute atomic E-state index is 13.0. The predicted octanol–water partition coefficient (Wildman–Crippen LogP) is 3.19. The van der Waals surface area contributed by atoms with Crippen LogP contribution in [0, 0.1) is 5.92 Å². The molecular weight excluding hydrogens is 412 g/mol. The zero-order valence-electron chi connectivity index (χ0n) is 19.0. The monoisotopic (exact) mass is 442 g/mol. The average Bonchev–Trinajstić information content (AvgIpc) is 2.72. The van der Waals surface area contributed by atoms with E-state index >= 15 is 0 Å². The number of carbonyl (C=O) groups excluding carboxylic acids is 4. The van der Waals surface area contributed by atoms with Gasteiger partial charge in [-0.2, -0.15) is 0 Å². The smallest absolute Gasteiger partial charge is 0.356 e. The lowest BCUT2D eigenvalue weighted by Crippen LogP contribution is -2.66. The van der Waals surface area contributed by atoms with Crippen molar-refractivity contribution in [2.24, 2.45) is 5.92 Å². The number of ether oxygens (including phenoxy) is 2. The molecule has 0 aliphatic carbocycles. The summed E-state index contributed by atoms with van der Waals surface area (Å²) in [7, 11) is 0. The molecule has 2 aliphatic rings. The van der Waals surface area contributed by atoms with E-state index < -0.39 is 41.3 Å². The van der Waals surface area contributed by atoms with Crippen molar-refractivity contribution >= 4 is 29.4 Å². The first-order valence-corrected chi connectivity index (χ1v) is 11.0. The number of nitrogens with zero attached hydrogens (tertiary/aromatic N) is 1.